The first-order valence-corrected chi connectivity index (χ1v) is 8.49. The maximum Gasteiger partial charge on any atom is 0.343 e. The smallest absolute Gasteiger partial charge is 0.343 e. The Kier molecular flexibility index (Phi) is 3.88. The number of fused-ring (bicyclic) bond motifs is 1. The molecule has 1 atom stereocenters. The highest BCUT2D eigenvalue weighted by Gasteiger charge is 2.39. The molecule has 1 fully saturated rings. The Hall–Kier alpha value is -2.13. The number of carbonyl (C=O) groups excluding carboxylic acids is 1. The summed E-state index contributed by atoms with van der Waals surface area (Å²) in [5.74, 6) is 0.581. The minimum atomic E-state index is -0.162. The molecule has 1 N–H and O–H groups in total. The third-order valence-corrected chi connectivity index (χ3v) is 5.17. The second-order valence-corrected chi connectivity index (χ2v) is 6.66. The van der Waals surface area contributed by atoms with E-state index in [9.17, 15) is 4.79 Å². The highest BCUT2D eigenvalue weighted by atomic mass is 16.6. The Morgan fingerprint density at radius 3 is 2.43 bits per heavy atom. The summed E-state index contributed by atoms with van der Waals surface area (Å²) in [5.41, 5.74) is 3.24. The van der Waals surface area contributed by atoms with E-state index in [-0.39, 0.29) is 12.2 Å². The fraction of sp³-hybridized carbons (Fsp3) is 0.350. The second kappa shape index (κ2) is 6.17. The number of carbonyl (C=O) groups is 1. The minimum absolute atomic E-state index is 0.101. The van der Waals surface area contributed by atoms with Gasteiger partial charge in [-0.05, 0) is 42.9 Å². The van der Waals surface area contributed by atoms with Crippen LogP contribution in [0.1, 0.15) is 40.6 Å². The first-order valence-electron chi connectivity index (χ1n) is 8.49. The first kappa shape index (κ1) is 14.5. The Balaban J connectivity index is 1.40. The van der Waals surface area contributed by atoms with Crippen LogP contribution in [0.25, 0.3) is 0 Å². The van der Waals surface area contributed by atoms with Crippen molar-refractivity contribution in [1.82, 2.24) is 0 Å². The number of ether oxygens (including phenoxy) is 1. The average molecular weight is 308 g/mol. The van der Waals surface area contributed by atoms with Crippen LogP contribution in [-0.4, -0.2) is 19.1 Å². The van der Waals surface area contributed by atoms with Gasteiger partial charge in [0.05, 0.1) is 24.2 Å². The van der Waals surface area contributed by atoms with Gasteiger partial charge < -0.3 is 4.74 Å². The average Bonchev–Trinajstić information content (AvgIpc) is 2.94. The van der Waals surface area contributed by atoms with Gasteiger partial charge in [0.2, 0.25) is 0 Å². The lowest BCUT2D eigenvalue weighted by molar-refractivity contribution is -0.957. The molecule has 0 aromatic heterocycles. The van der Waals surface area contributed by atoms with E-state index in [0.717, 1.165) is 36.6 Å². The quantitative estimate of drug-likeness (QED) is 0.883. The number of piperidine rings is 1. The predicted octanol–water partition coefficient (Wildman–Crippen LogP) is 2.39. The molecule has 0 radical (unpaired) electrons. The summed E-state index contributed by atoms with van der Waals surface area (Å²) >= 11 is 0. The molecule has 2 aromatic carbocycles. The Labute approximate surface area is 136 Å². The molecule has 0 amide bonds. The summed E-state index contributed by atoms with van der Waals surface area (Å²) in [4.78, 5) is 13.4. The van der Waals surface area contributed by atoms with Gasteiger partial charge >= 0.3 is 5.97 Å². The normalized spacial score (nSPS) is 26.6. The van der Waals surface area contributed by atoms with Crippen LogP contribution in [0.3, 0.4) is 0 Å². The molecule has 3 nitrogen and oxygen atoms in total. The van der Waals surface area contributed by atoms with Crippen molar-refractivity contribution in [1.29, 1.82) is 0 Å². The highest BCUT2D eigenvalue weighted by molar-refractivity contribution is 5.93. The first-order chi connectivity index (χ1) is 11.3. The number of likely N-dealkylation sites (tertiary alicyclic amines) is 1. The monoisotopic (exact) mass is 308 g/mol. The van der Waals surface area contributed by atoms with Crippen LogP contribution in [0.2, 0.25) is 0 Å². The van der Waals surface area contributed by atoms with Crippen LogP contribution in [0.15, 0.2) is 54.6 Å². The molecule has 3 heteroatoms. The van der Waals surface area contributed by atoms with E-state index in [1.165, 1.54) is 23.3 Å². The standard InChI is InChI=1S/C20H21NO2/c22-20-18-9-5-4-8-17(18)19(23-20)21-12-10-16(11-13-21)14-15-6-2-1-3-7-15/h1-9,16,19H,10-14H2/p+1/t19-/m0/s1. The molecule has 2 aliphatic heterocycles. The summed E-state index contributed by atoms with van der Waals surface area (Å²) in [5, 5.41) is 0. The number of hydrogen-bond donors (Lipinski definition) is 1. The predicted molar refractivity (Wildman–Crippen MR) is 88.2 cm³/mol. The third-order valence-electron chi connectivity index (χ3n) is 5.17. The number of quaternary nitrogens is 1. The van der Waals surface area contributed by atoms with Gasteiger partial charge in [0.15, 0.2) is 0 Å². The molecule has 2 aliphatic rings. The number of nitrogens with one attached hydrogen (secondary N) is 1. The Bertz CT molecular complexity index is 690. The zero-order valence-electron chi connectivity index (χ0n) is 13.2. The van der Waals surface area contributed by atoms with Gasteiger partial charge in [-0.3, -0.25) is 4.90 Å². The van der Waals surface area contributed by atoms with Crippen molar-refractivity contribution in [3.05, 3.63) is 71.3 Å². The zero-order valence-corrected chi connectivity index (χ0v) is 13.2. The molecule has 0 saturated carbocycles. The van der Waals surface area contributed by atoms with Crippen LogP contribution < -0.4 is 4.90 Å². The summed E-state index contributed by atoms with van der Waals surface area (Å²) < 4.78 is 5.65. The van der Waals surface area contributed by atoms with E-state index >= 15 is 0 Å². The van der Waals surface area contributed by atoms with Crippen molar-refractivity contribution >= 4 is 5.97 Å². The van der Waals surface area contributed by atoms with Crippen molar-refractivity contribution < 1.29 is 14.4 Å². The lowest BCUT2D eigenvalue weighted by atomic mass is 9.90. The molecular formula is C20H22NO2+. The van der Waals surface area contributed by atoms with Gasteiger partial charge in [-0.2, -0.15) is 0 Å². The fourth-order valence-corrected chi connectivity index (χ4v) is 3.91. The lowest BCUT2D eigenvalue weighted by Crippen LogP contribution is -3.13. The van der Waals surface area contributed by atoms with E-state index in [2.05, 4.69) is 30.3 Å². The van der Waals surface area contributed by atoms with Gasteiger partial charge in [-0.1, -0.05) is 42.5 Å². The highest BCUT2D eigenvalue weighted by Crippen LogP contribution is 2.27. The van der Waals surface area contributed by atoms with Crippen molar-refractivity contribution in [3.8, 4) is 0 Å². The number of rotatable bonds is 3. The molecule has 0 unspecified atom stereocenters. The van der Waals surface area contributed by atoms with Gasteiger partial charge in [-0.25, -0.2) is 4.79 Å². The summed E-state index contributed by atoms with van der Waals surface area (Å²) in [7, 11) is 0. The van der Waals surface area contributed by atoms with Gasteiger partial charge in [0.25, 0.3) is 6.23 Å². The minimum Gasteiger partial charge on any atom is -0.404 e. The molecule has 0 spiro atoms. The fourth-order valence-electron chi connectivity index (χ4n) is 3.91. The molecule has 4 rings (SSSR count). The van der Waals surface area contributed by atoms with Crippen LogP contribution >= 0.6 is 0 Å². The molecule has 0 bridgehead atoms. The van der Waals surface area contributed by atoms with Gasteiger partial charge in [-0.15, -0.1) is 0 Å². The summed E-state index contributed by atoms with van der Waals surface area (Å²) in [6, 6.07) is 18.5. The molecular weight excluding hydrogens is 286 g/mol. The van der Waals surface area contributed by atoms with Gasteiger partial charge in [0.1, 0.15) is 0 Å². The molecule has 0 aliphatic carbocycles. The number of cyclic esters (lactones) is 1. The van der Waals surface area contributed by atoms with Crippen molar-refractivity contribution in [2.24, 2.45) is 5.92 Å². The second-order valence-electron chi connectivity index (χ2n) is 6.66. The van der Waals surface area contributed by atoms with Crippen LogP contribution in [0.4, 0.5) is 0 Å². The van der Waals surface area contributed by atoms with Crippen molar-refractivity contribution in [2.45, 2.75) is 25.5 Å². The molecule has 2 heterocycles. The van der Waals surface area contributed by atoms with Crippen LogP contribution in [-0.2, 0) is 11.2 Å². The Morgan fingerprint density at radius 2 is 1.65 bits per heavy atom. The Morgan fingerprint density at radius 1 is 0.957 bits per heavy atom. The van der Waals surface area contributed by atoms with E-state index in [1.54, 1.807) is 0 Å². The lowest BCUT2D eigenvalue weighted by Gasteiger charge is -2.32. The molecule has 118 valence electrons. The molecule has 2 aromatic rings. The summed E-state index contributed by atoms with van der Waals surface area (Å²) in [6.45, 7) is 2.15. The van der Waals surface area contributed by atoms with Crippen molar-refractivity contribution in [3.63, 3.8) is 0 Å². The number of hydrogen-bond acceptors (Lipinski definition) is 2. The summed E-state index contributed by atoms with van der Waals surface area (Å²) in [6.07, 6.45) is 3.45. The maximum absolute atomic E-state index is 12.0. The van der Waals surface area contributed by atoms with Crippen molar-refractivity contribution in [2.75, 3.05) is 13.1 Å². The van der Waals surface area contributed by atoms with E-state index in [1.807, 2.05) is 24.3 Å². The number of benzene rings is 2. The topological polar surface area (TPSA) is 30.7 Å². The van der Waals surface area contributed by atoms with E-state index in [4.69, 9.17) is 4.74 Å². The number of esters is 1. The molecule has 23 heavy (non-hydrogen) atoms. The van der Waals surface area contributed by atoms with Crippen LogP contribution in [0, 0.1) is 5.92 Å². The van der Waals surface area contributed by atoms with Gasteiger partial charge in [0, 0.05) is 0 Å². The third kappa shape index (κ3) is 2.89. The SMILES string of the molecule is O=C1O[C@H]([NH+]2CCC(Cc3ccccc3)CC2)c2ccccc21. The maximum atomic E-state index is 12.0. The molecule has 1 saturated heterocycles. The largest absolute Gasteiger partial charge is 0.404 e. The zero-order chi connectivity index (χ0) is 15.6. The van der Waals surface area contributed by atoms with E-state index in [0.29, 0.717) is 0 Å². The van der Waals surface area contributed by atoms with Crippen LogP contribution in [0.5, 0.6) is 0 Å². The van der Waals surface area contributed by atoms with E-state index < -0.39 is 0 Å².